The first-order valence-corrected chi connectivity index (χ1v) is 5.85. The summed E-state index contributed by atoms with van der Waals surface area (Å²) in [4.78, 5) is 2.54. The molecule has 0 bridgehead atoms. The highest BCUT2D eigenvalue weighted by molar-refractivity contribution is 5.01. The van der Waals surface area contributed by atoms with Crippen molar-refractivity contribution in [1.29, 1.82) is 0 Å². The van der Waals surface area contributed by atoms with E-state index in [-0.39, 0.29) is 0 Å². The lowest BCUT2D eigenvalue weighted by molar-refractivity contribution is 0.290. The van der Waals surface area contributed by atoms with E-state index in [0.29, 0.717) is 0 Å². The van der Waals surface area contributed by atoms with E-state index in [9.17, 15) is 0 Å². The Morgan fingerprint density at radius 2 is 2.36 bits per heavy atom. The molecule has 0 amide bonds. The highest BCUT2D eigenvalue weighted by atomic mass is 15.2. The minimum absolute atomic E-state index is 0.762. The van der Waals surface area contributed by atoms with Gasteiger partial charge in [-0.1, -0.05) is 13.5 Å². The number of rotatable bonds is 6. The van der Waals surface area contributed by atoms with Gasteiger partial charge in [-0.15, -0.1) is 0 Å². The summed E-state index contributed by atoms with van der Waals surface area (Å²) in [6.07, 6.45) is 3.92. The summed E-state index contributed by atoms with van der Waals surface area (Å²) in [6.45, 7) is 13.1. The topological polar surface area (TPSA) is 15.3 Å². The molecule has 1 N–H and O–H groups in total. The van der Waals surface area contributed by atoms with E-state index in [1.165, 1.54) is 31.4 Å². The zero-order chi connectivity index (χ0) is 10.4. The summed E-state index contributed by atoms with van der Waals surface area (Å²) in [5, 5.41) is 3.40. The minimum Gasteiger partial charge on any atom is -0.313 e. The van der Waals surface area contributed by atoms with Crippen molar-refractivity contribution in [2.75, 3.05) is 26.2 Å². The molecule has 1 saturated heterocycles. The quantitative estimate of drug-likeness (QED) is 0.516. The third-order valence-electron chi connectivity index (χ3n) is 2.92. The summed E-state index contributed by atoms with van der Waals surface area (Å²) in [6, 6.07) is 0.762. The van der Waals surface area contributed by atoms with Crippen molar-refractivity contribution < 1.29 is 0 Å². The Morgan fingerprint density at radius 1 is 1.57 bits per heavy atom. The number of nitrogens with zero attached hydrogens (tertiary/aromatic N) is 1. The first-order chi connectivity index (χ1) is 6.74. The van der Waals surface area contributed by atoms with Crippen LogP contribution in [0.25, 0.3) is 0 Å². The number of nitrogens with one attached hydrogen (secondary N) is 1. The molecule has 2 nitrogen and oxygen atoms in total. The summed E-state index contributed by atoms with van der Waals surface area (Å²) in [5.41, 5.74) is 1.33. The molecule has 0 spiro atoms. The van der Waals surface area contributed by atoms with Gasteiger partial charge in [-0.2, -0.15) is 0 Å². The van der Waals surface area contributed by atoms with Crippen molar-refractivity contribution in [3.05, 3.63) is 12.2 Å². The van der Waals surface area contributed by atoms with E-state index in [0.717, 1.165) is 25.7 Å². The zero-order valence-electron chi connectivity index (χ0n) is 9.68. The molecular formula is C12H24N2. The Bertz CT molecular complexity index is 177. The van der Waals surface area contributed by atoms with Crippen LogP contribution in [-0.2, 0) is 0 Å². The first-order valence-electron chi connectivity index (χ1n) is 5.85. The zero-order valence-corrected chi connectivity index (χ0v) is 9.68. The molecule has 0 aromatic carbocycles. The molecule has 1 aliphatic heterocycles. The van der Waals surface area contributed by atoms with Crippen LogP contribution in [0.5, 0.6) is 0 Å². The van der Waals surface area contributed by atoms with Gasteiger partial charge in [0.1, 0.15) is 0 Å². The van der Waals surface area contributed by atoms with Gasteiger partial charge in [-0.25, -0.2) is 0 Å². The Kier molecular flexibility index (Phi) is 5.20. The molecule has 1 rings (SSSR count). The second kappa shape index (κ2) is 6.20. The number of hydrogen-bond donors (Lipinski definition) is 1. The highest BCUT2D eigenvalue weighted by Gasteiger charge is 2.19. The fourth-order valence-electron chi connectivity index (χ4n) is 2.01. The highest BCUT2D eigenvalue weighted by Crippen LogP contribution is 2.16. The van der Waals surface area contributed by atoms with Crippen LogP contribution in [0.15, 0.2) is 12.2 Å². The van der Waals surface area contributed by atoms with Gasteiger partial charge in [0.05, 0.1) is 0 Å². The van der Waals surface area contributed by atoms with Gasteiger partial charge < -0.3 is 5.32 Å². The van der Waals surface area contributed by atoms with Crippen LogP contribution in [0.4, 0.5) is 0 Å². The lowest BCUT2D eigenvalue weighted by atomic mass is 10.2. The predicted octanol–water partition coefficient (Wildman–Crippen LogP) is 2.03. The van der Waals surface area contributed by atoms with Gasteiger partial charge in [0.2, 0.25) is 0 Å². The fraction of sp³-hybridized carbons (Fsp3) is 0.833. The maximum atomic E-state index is 4.12. The normalized spacial score (nSPS) is 22.9. The second-order valence-electron chi connectivity index (χ2n) is 4.39. The molecule has 2 heteroatoms. The van der Waals surface area contributed by atoms with E-state index in [1.54, 1.807) is 0 Å². The maximum Gasteiger partial charge on any atom is 0.0205 e. The average molecular weight is 196 g/mol. The van der Waals surface area contributed by atoms with E-state index < -0.39 is 0 Å². The second-order valence-corrected chi connectivity index (χ2v) is 4.39. The predicted molar refractivity (Wildman–Crippen MR) is 62.6 cm³/mol. The van der Waals surface area contributed by atoms with Crippen molar-refractivity contribution in [2.45, 2.75) is 39.2 Å². The molecule has 1 heterocycles. The molecule has 0 aromatic heterocycles. The van der Waals surface area contributed by atoms with Crippen LogP contribution in [-0.4, -0.2) is 37.1 Å². The number of hydrogen-bond acceptors (Lipinski definition) is 2. The van der Waals surface area contributed by atoms with Crippen molar-refractivity contribution in [3.63, 3.8) is 0 Å². The molecule has 0 saturated carbocycles. The molecule has 0 aliphatic carbocycles. The number of likely N-dealkylation sites (tertiary alicyclic amines) is 1. The summed E-state index contributed by atoms with van der Waals surface area (Å²) >= 11 is 0. The molecule has 0 aromatic rings. The smallest absolute Gasteiger partial charge is 0.0205 e. The van der Waals surface area contributed by atoms with Gasteiger partial charge >= 0.3 is 0 Å². The lowest BCUT2D eigenvalue weighted by Crippen LogP contribution is -2.31. The standard InChI is InChI=1S/C12H24N2/c1-4-7-13-9-11(2)10-14-8-5-6-12(14)3/h12-13H,2,4-10H2,1,3H3. The van der Waals surface area contributed by atoms with Crippen LogP contribution >= 0.6 is 0 Å². The molecule has 82 valence electrons. The lowest BCUT2D eigenvalue weighted by Gasteiger charge is -2.22. The van der Waals surface area contributed by atoms with Crippen molar-refractivity contribution in [3.8, 4) is 0 Å². The molecule has 1 unspecified atom stereocenters. The Balaban J connectivity index is 2.13. The molecular weight excluding hydrogens is 172 g/mol. The van der Waals surface area contributed by atoms with Crippen LogP contribution in [0, 0.1) is 0 Å². The van der Waals surface area contributed by atoms with Crippen LogP contribution in [0.3, 0.4) is 0 Å². The third-order valence-corrected chi connectivity index (χ3v) is 2.92. The van der Waals surface area contributed by atoms with Gasteiger partial charge in [0.15, 0.2) is 0 Å². The van der Waals surface area contributed by atoms with E-state index in [1.807, 2.05) is 0 Å². The van der Waals surface area contributed by atoms with Crippen molar-refractivity contribution >= 4 is 0 Å². The van der Waals surface area contributed by atoms with Crippen LogP contribution in [0.2, 0.25) is 0 Å². The van der Waals surface area contributed by atoms with Gasteiger partial charge in [-0.05, 0) is 44.8 Å². The van der Waals surface area contributed by atoms with E-state index in [4.69, 9.17) is 0 Å². The SMILES string of the molecule is C=C(CNCCC)CN1CCCC1C. The summed E-state index contributed by atoms with van der Waals surface area (Å²) in [7, 11) is 0. The van der Waals surface area contributed by atoms with E-state index >= 15 is 0 Å². The Hall–Kier alpha value is -0.340. The molecule has 1 aliphatic rings. The van der Waals surface area contributed by atoms with Crippen LogP contribution in [0.1, 0.15) is 33.1 Å². The van der Waals surface area contributed by atoms with Crippen molar-refractivity contribution in [2.24, 2.45) is 0 Å². The van der Waals surface area contributed by atoms with Gasteiger partial charge in [-0.3, -0.25) is 4.90 Å². The molecule has 0 radical (unpaired) electrons. The molecule has 1 fully saturated rings. The Labute approximate surface area is 88.4 Å². The van der Waals surface area contributed by atoms with Gasteiger partial charge in [0, 0.05) is 19.1 Å². The van der Waals surface area contributed by atoms with E-state index in [2.05, 4.69) is 30.6 Å². The van der Waals surface area contributed by atoms with Gasteiger partial charge in [0.25, 0.3) is 0 Å². The molecule has 14 heavy (non-hydrogen) atoms. The third kappa shape index (κ3) is 3.81. The largest absolute Gasteiger partial charge is 0.313 e. The Morgan fingerprint density at radius 3 is 2.93 bits per heavy atom. The monoisotopic (exact) mass is 196 g/mol. The fourth-order valence-corrected chi connectivity index (χ4v) is 2.01. The van der Waals surface area contributed by atoms with Crippen LogP contribution < -0.4 is 5.32 Å². The minimum atomic E-state index is 0.762. The maximum absolute atomic E-state index is 4.12. The first kappa shape index (κ1) is 11.7. The average Bonchev–Trinajstić information content (AvgIpc) is 2.52. The summed E-state index contributed by atoms with van der Waals surface area (Å²) in [5.74, 6) is 0. The molecule has 1 atom stereocenters. The van der Waals surface area contributed by atoms with Crippen molar-refractivity contribution in [1.82, 2.24) is 10.2 Å². The summed E-state index contributed by atoms with van der Waals surface area (Å²) < 4.78 is 0.